The third kappa shape index (κ3) is 43.9. The van der Waals surface area contributed by atoms with Gasteiger partial charge in [-0.3, -0.25) is 0 Å². The van der Waals surface area contributed by atoms with E-state index in [4.69, 9.17) is 5.11 Å². The standard InChI is InChI=1S/C7H8.C5H10O.C3H6O.C2H6O/c1-7-5-3-2-4-6-7;1-2-3-4-5-6;1-3(2)4;1-2-3/h2-6H,1H3;5H,2-4H2,1H3;1-2H3;3H,2H2,1H3. The van der Waals surface area contributed by atoms with E-state index in [2.05, 4.69) is 26.0 Å². The highest BCUT2D eigenvalue weighted by atomic mass is 16.2. The van der Waals surface area contributed by atoms with Gasteiger partial charge in [0.1, 0.15) is 12.1 Å². The third-order valence-corrected chi connectivity index (χ3v) is 1.62. The molecule has 0 heterocycles. The average molecular weight is 282 g/mol. The number of benzene rings is 1. The summed E-state index contributed by atoms with van der Waals surface area (Å²) in [6, 6.07) is 10.3. The van der Waals surface area contributed by atoms with Crippen LogP contribution in [-0.2, 0) is 9.59 Å². The molecule has 0 bridgehead atoms. The molecule has 20 heavy (non-hydrogen) atoms. The second kappa shape index (κ2) is 22.7. The monoisotopic (exact) mass is 282 g/mol. The van der Waals surface area contributed by atoms with E-state index in [1.165, 1.54) is 19.4 Å². The molecule has 0 atom stereocenters. The van der Waals surface area contributed by atoms with Gasteiger partial charge in [0, 0.05) is 13.0 Å². The summed E-state index contributed by atoms with van der Waals surface area (Å²) in [5.74, 6) is 0.167. The molecule has 0 aromatic heterocycles. The van der Waals surface area contributed by atoms with Crippen molar-refractivity contribution in [2.75, 3.05) is 6.61 Å². The quantitative estimate of drug-likeness (QED) is 0.674. The summed E-state index contributed by atoms with van der Waals surface area (Å²) in [6.45, 7) is 9.14. The van der Waals surface area contributed by atoms with Gasteiger partial charge in [0.05, 0.1) is 0 Å². The molecule has 0 aliphatic rings. The van der Waals surface area contributed by atoms with Crippen molar-refractivity contribution in [1.82, 2.24) is 0 Å². The van der Waals surface area contributed by atoms with Gasteiger partial charge < -0.3 is 14.7 Å². The number of unbranched alkanes of at least 4 members (excludes halogenated alkanes) is 2. The van der Waals surface area contributed by atoms with Crippen LogP contribution in [0.15, 0.2) is 30.3 Å². The number of aryl methyl sites for hydroxylation is 1. The normalized spacial score (nSPS) is 7.70. The zero-order valence-electron chi connectivity index (χ0n) is 13.6. The lowest BCUT2D eigenvalue weighted by Gasteiger charge is -1.82. The highest BCUT2D eigenvalue weighted by molar-refractivity contribution is 5.72. The second-order valence-electron chi connectivity index (χ2n) is 4.19. The predicted octanol–water partition coefficient (Wildman–Crippen LogP) is 3.96. The van der Waals surface area contributed by atoms with Crippen LogP contribution in [0.3, 0.4) is 0 Å². The Kier molecular flexibility index (Phi) is 26.8. The van der Waals surface area contributed by atoms with Crippen molar-refractivity contribution in [2.24, 2.45) is 0 Å². The summed E-state index contributed by atoms with van der Waals surface area (Å²) in [7, 11) is 0. The van der Waals surface area contributed by atoms with E-state index in [1.807, 2.05) is 18.2 Å². The molecule has 3 nitrogen and oxygen atoms in total. The second-order valence-corrected chi connectivity index (χ2v) is 4.19. The summed E-state index contributed by atoms with van der Waals surface area (Å²) in [5.41, 5.74) is 1.32. The topological polar surface area (TPSA) is 54.4 Å². The molecule has 116 valence electrons. The average Bonchev–Trinajstić information content (AvgIpc) is 2.38. The van der Waals surface area contributed by atoms with Gasteiger partial charge in [0.25, 0.3) is 0 Å². The van der Waals surface area contributed by atoms with Crippen LogP contribution >= 0.6 is 0 Å². The van der Waals surface area contributed by atoms with E-state index < -0.39 is 0 Å². The Morgan fingerprint density at radius 1 is 1.15 bits per heavy atom. The molecule has 1 N–H and O–H groups in total. The summed E-state index contributed by atoms with van der Waals surface area (Å²) in [6.07, 6.45) is 3.86. The van der Waals surface area contributed by atoms with Gasteiger partial charge >= 0.3 is 0 Å². The van der Waals surface area contributed by atoms with E-state index >= 15 is 0 Å². The SMILES string of the molecule is CC(C)=O.CCCCC=O.CCO.Cc1ccccc1. The van der Waals surface area contributed by atoms with Crippen molar-refractivity contribution in [3.8, 4) is 0 Å². The maximum Gasteiger partial charge on any atom is 0.126 e. The lowest BCUT2D eigenvalue weighted by Crippen LogP contribution is -1.70. The first-order valence-corrected chi connectivity index (χ1v) is 6.99. The molecule has 0 amide bonds. The van der Waals surface area contributed by atoms with Crippen LogP contribution in [0.5, 0.6) is 0 Å². The van der Waals surface area contributed by atoms with Crippen LogP contribution in [0, 0.1) is 6.92 Å². The first-order chi connectivity index (χ1) is 9.45. The van der Waals surface area contributed by atoms with Gasteiger partial charge in [0.15, 0.2) is 0 Å². The lowest BCUT2D eigenvalue weighted by atomic mass is 10.2. The van der Waals surface area contributed by atoms with Crippen molar-refractivity contribution in [2.45, 2.75) is 53.9 Å². The number of hydrogen-bond acceptors (Lipinski definition) is 3. The van der Waals surface area contributed by atoms with E-state index in [-0.39, 0.29) is 12.4 Å². The fourth-order valence-corrected chi connectivity index (χ4v) is 0.822. The first-order valence-electron chi connectivity index (χ1n) is 6.99. The van der Waals surface area contributed by atoms with Crippen LogP contribution in [0.2, 0.25) is 0 Å². The highest BCUT2D eigenvalue weighted by Crippen LogP contribution is 1.92. The highest BCUT2D eigenvalue weighted by Gasteiger charge is 1.75. The van der Waals surface area contributed by atoms with Crippen LogP contribution in [-0.4, -0.2) is 23.8 Å². The number of hydrogen-bond donors (Lipinski definition) is 1. The molecule has 0 radical (unpaired) electrons. The Balaban J connectivity index is -0.000000204. The van der Waals surface area contributed by atoms with Crippen LogP contribution in [0.1, 0.15) is 52.5 Å². The fourth-order valence-electron chi connectivity index (χ4n) is 0.822. The smallest absolute Gasteiger partial charge is 0.126 e. The molecule has 0 aliphatic carbocycles. The molecule has 1 aromatic rings. The molecule has 0 saturated carbocycles. The largest absolute Gasteiger partial charge is 0.397 e. The molecular formula is C17H30O3. The molecule has 3 heteroatoms. The summed E-state index contributed by atoms with van der Waals surface area (Å²) >= 11 is 0. The van der Waals surface area contributed by atoms with Crippen molar-refractivity contribution in [3.05, 3.63) is 35.9 Å². The summed E-state index contributed by atoms with van der Waals surface area (Å²) < 4.78 is 0. The number of ketones is 1. The van der Waals surface area contributed by atoms with E-state index in [1.54, 1.807) is 6.92 Å². The molecule has 0 aliphatic heterocycles. The molecule has 0 spiro atoms. The van der Waals surface area contributed by atoms with E-state index in [0.717, 1.165) is 25.5 Å². The van der Waals surface area contributed by atoms with Crippen LogP contribution in [0.4, 0.5) is 0 Å². The number of carbonyl (C=O) groups is 2. The van der Waals surface area contributed by atoms with Gasteiger partial charge in [-0.25, -0.2) is 0 Å². The van der Waals surface area contributed by atoms with Gasteiger partial charge in [-0.2, -0.15) is 0 Å². The number of rotatable bonds is 3. The van der Waals surface area contributed by atoms with Gasteiger partial charge in [-0.1, -0.05) is 49.2 Å². The molecule has 0 unspecified atom stereocenters. The molecule has 1 aromatic carbocycles. The fraction of sp³-hybridized carbons (Fsp3) is 0.529. The summed E-state index contributed by atoms with van der Waals surface area (Å²) in [5, 5.41) is 7.57. The minimum atomic E-state index is 0.167. The van der Waals surface area contributed by atoms with Crippen LogP contribution < -0.4 is 0 Å². The molecule has 0 saturated heterocycles. The number of aliphatic hydroxyl groups is 1. The van der Waals surface area contributed by atoms with Crippen molar-refractivity contribution >= 4 is 12.1 Å². The number of aliphatic hydroxyl groups excluding tert-OH is 1. The summed E-state index contributed by atoms with van der Waals surface area (Å²) in [4.78, 5) is 19.0. The number of carbonyl (C=O) groups excluding carboxylic acids is 2. The van der Waals surface area contributed by atoms with Gasteiger partial charge in [-0.15, -0.1) is 0 Å². The number of aldehydes is 1. The maximum absolute atomic E-state index is 9.56. The Hall–Kier alpha value is -1.48. The molecule has 1 rings (SSSR count). The third-order valence-electron chi connectivity index (χ3n) is 1.62. The van der Waals surface area contributed by atoms with Crippen molar-refractivity contribution < 1.29 is 14.7 Å². The Morgan fingerprint density at radius 2 is 1.55 bits per heavy atom. The minimum absolute atomic E-state index is 0.167. The van der Waals surface area contributed by atoms with E-state index in [0.29, 0.717) is 0 Å². The lowest BCUT2D eigenvalue weighted by molar-refractivity contribution is -0.115. The van der Waals surface area contributed by atoms with Gasteiger partial charge in [-0.05, 0) is 34.1 Å². The first kappa shape index (κ1) is 23.6. The number of Topliss-reactive ketones (excluding diaryl/α,β-unsaturated/α-hetero) is 1. The Bertz CT molecular complexity index is 290. The Morgan fingerprint density at radius 3 is 1.70 bits per heavy atom. The minimum Gasteiger partial charge on any atom is -0.397 e. The molecule has 0 fully saturated rings. The zero-order valence-corrected chi connectivity index (χ0v) is 13.6. The zero-order chi connectivity index (χ0) is 16.2. The van der Waals surface area contributed by atoms with Crippen molar-refractivity contribution in [3.63, 3.8) is 0 Å². The van der Waals surface area contributed by atoms with Crippen molar-refractivity contribution in [1.29, 1.82) is 0 Å². The van der Waals surface area contributed by atoms with Crippen LogP contribution in [0.25, 0.3) is 0 Å². The molecular weight excluding hydrogens is 252 g/mol. The Labute approximate surface area is 124 Å². The van der Waals surface area contributed by atoms with E-state index in [9.17, 15) is 9.59 Å². The maximum atomic E-state index is 9.56. The predicted molar refractivity (Wildman–Crippen MR) is 85.9 cm³/mol. The van der Waals surface area contributed by atoms with Gasteiger partial charge in [0.2, 0.25) is 0 Å².